The summed E-state index contributed by atoms with van der Waals surface area (Å²) in [7, 11) is 2.19. The largest absolute Gasteiger partial charge is 0.355 e. The van der Waals surface area contributed by atoms with Crippen molar-refractivity contribution in [1.29, 1.82) is 0 Å². The Morgan fingerprint density at radius 3 is 2.69 bits per heavy atom. The average molecular weight is 369 g/mol. The highest BCUT2D eigenvalue weighted by Gasteiger charge is 2.28. The molecule has 2 aliphatic rings. The molecule has 1 aromatic heterocycles. The molecular formula is C21H28N4S. The number of benzene rings is 1. The molecule has 4 rings (SSSR count). The van der Waals surface area contributed by atoms with Crippen LogP contribution in [0.5, 0.6) is 0 Å². The van der Waals surface area contributed by atoms with E-state index in [0.29, 0.717) is 12.0 Å². The molecule has 0 N–H and O–H groups in total. The molecule has 2 aromatic rings. The van der Waals surface area contributed by atoms with Crippen LogP contribution in [0.3, 0.4) is 0 Å². The molecule has 1 saturated carbocycles. The summed E-state index contributed by atoms with van der Waals surface area (Å²) in [6, 6.07) is 11.6. The molecule has 0 spiro atoms. The summed E-state index contributed by atoms with van der Waals surface area (Å²) in [5.41, 5.74) is 1.41. The Hall–Kier alpha value is -1.59. The Balaban J connectivity index is 1.39. The second-order valence-corrected chi connectivity index (χ2v) is 8.42. The molecule has 1 saturated heterocycles. The molecule has 138 valence electrons. The summed E-state index contributed by atoms with van der Waals surface area (Å²) in [6.45, 7) is 3.32. The molecule has 1 aliphatic heterocycles. The molecule has 0 bridgehead atoms. The van der Waals surface area contributed by atoms with E-state index in [9.17, 15) is 0 Å². The van der Waals surface area contributed by atoms with Gasteiger partial charge in [-0.15, -0.1) is 11.8 Å². The van der Waals surface area contributed by atoms with E-state index in [1.807, 2.05) is 6.20 Å². The first-order valence-electron chi connectivity index (χ1n) is 9.64. The second kappa shape index (κ2) is 7.97. The van der Waals surface area contributed by atoms with Crippen LogP contribution in [-0.4, -0.2) is 47.3 Å². The van der Waals surface area contributed by atoms with Crippen LogP contribution >= 0.6 is 11.8 Å². The Labute approximate surface area is 161 Å². The van der Waals surface area contributed by atoms with Crippen molar-refractivity contribution >= 4 is 17.6 Å². The zero-order valence-electron chi connectivity index (χ0n) is 15.8. The fourth-order valence-electron chi connectivity index (χ4n) is 3.77. The molecule has 0 radical (unpaired) electrons. The van der Waals surface area contributed by atoms with Crippen molar-refractivity contribution < 1.29 is 0 Å². The van der Waals surface area contributed by atoms with Gasteiger partial charge in [0.25, 0.3) is 0 Å². The summed E-state index contributed by atoms with van der Waals surface area (Å²) in [5, 5.41) is 0. The van der Waals surface area contributed by atoms with Gasteiger partial charge in [0.05, 0.1) is 0 Å². The molecule has 1 atom stereocenters. The van der Waals surface area contributed by atoms with E-state index in [-0.39, 0.29) is 0 Å². The predicted octanol–water partition coefficient (Wildman–Crippen LogP) is 4.18. The summed E-state index contributed by atoms with van der Waals surface area (Å²) >= 11 is 1.80. The van der Waals surface area contributed by atoms with Crippen LogP contribution in [-0.2, 0) is 6.54 Å². The molecule has 2 fully saturated rings. The standard InChI is InChI=1S/C21H28N4S/c1-24(20-11-12-22-21(23-20)17-7-8-17)18-4-3-13-25(15-18)14-16-5-9-19(26-2)10-6-16/h5-6,9-12,17-18H,3-4,7-8,13-15H2,1-2H3. The summed E-state index contributed by atoms with van der Waals surface area (Å²) in [5.74, 6) is 2.73. The quantitative estimate of drug-likeness (QED) is 0.714. The fourth-order valence-corrected chi connectivity index (χ4v) is 4.17. The van der Waals surface area contributed by atoms with E-state index in [1.54, 1.807) is 11.8 Å². The van der Waals surface area contributed by atoms with Gasteiger partial charge in [-0.25, -0.2) is 9.97 Å². The SMILES string of the molecule is CSc1ccc(CN2CCCC(N(C)c3ccnc(C4CC4)n3)C2)cc1. The van der Waals surface area contributed by atoms with Crippen molar-refractivity contribution in [1.82, 2.24) is 14.9 Å². The van der Waals surface area contributed by atoms with E-state index in [2.05, 4.69) is 58.4 Å². The van der Waals surface area contributed by atoms with E-state index in [1.165, 1.54) is 42.7 Å². The lowest BCUT2D eigenvalue weighted by Gasteiger charge is -2.38. The Bertz CT molecular complexity index is 729. The minimum Gasteiger partial charge on any atom is -0.355 e. The number of nitrogens with zero attached hydrogens (tertiary/aromatic N) is 4. The van der Waals surface area contributed by atoms with Crippen molar-refractivity contribution in [3.05, 3.63) is 47.9 Å². The molecular weight excluding hydrogens is 340 g/mol. The minimum absolute atomic E-state index is 0.524. The van der Waals surface area contributed by atoms with E-state index in [4.69, 9.17) is 4.98 Å². The number of hydrogen-bond donors (Lipinski definition) is 0. The van der Waals surface area contributed by atoms with Gasteiger partial charge in [0, 0.05) is 43.2 Å². The number of likely N-dealkylation sites (N-methyl/N-ethyl adjacent to an activating group) is 1. The molecule has 26 heavy (non-hydrogen) atoms. The minimum atomic E-state index is 0.524. The molecule has 1 unspecified atom stereocenters. The number of aromatic nitrogens is 2. The second-order valence-electron chi connectivity index (χ2n) is 7.54. The Kier molecular flexibility index (Phi) is 5.46. The Morgan fingerprint density at radius 2 is 1.96 bits per heavy atom. The number of hydrogen-bond acceptors (Lipinski definition) is 5. The smallest absolute Gasteiger partial charge is 0.133 e. The first-order chi connectivity index (χ1) is 12.7. The van der Waals surface area contributed by atoms with Crippen LogP contribution in [0.25, 0.3) is 0 Å². The van der Waals surface area contributed by atoms with Crippen molar-refractivity contribution in [2.45, 2.75) is 49.1 Å². The molecule has 2 heterocycles. The van der Waals surface area contributed by atoms with Crippen LogP contribution < -0.4 is 4.90 Å². The highest BCUT2D eigenvalue weighted by molar-refractivity contribution is 7.98. The highest BCUT2D eigenvalue weighted by atomic mass is 32.2. The number of rotatable bonds is 6. The summed E-state index contributed by atoms with van der Waals surface area (Å²) in [4.78, 5) is 15.6. The fraction of sp³-hybridized carbons (Fsp3) is 0.524. The molecule has 0 amide bonds. The average Bonchev–Trinajstić information content (AvgIpc) is 3.54. The maximum atomic E-state index is 4.83. The van der Waals surface area contributed by atoms with Crippen LogP contribution in [0.2, 0.25) is 0 Å². The maximum Gasteiger partial charge on any atom is 0.133 e. The van der Waals surface area contributed by atoms with Gasteiger partial charge in [-0.3, -0.25) is 4.90 Å². The van der Waals surface area contributed by atoms with Crippen LogP contribution in [0.15, 0.2) is 41.4 Å². The number of likely N-dealkylation sites (tertiary alicyclic amines) is 1. The Morgan fingerprint density at radius 1 is 1.15 bits per heavy atom. The predicted molar refractivity (Wildman–Crippen MR) is 109 cm³/mol. The number of piperidine rings is 1. The summed E-state index contributed by atoms with van der Waals surface area (Å²) < 4.78 is 0. The normalized spacial score (nSPS) is 20.9. The first kappa shape index (κ1) is 17.8. The van der Waals surface area contributed by atoms with Gasteiger partial charge in [-0.2, -0.15) is 0 Å². The van der Waals surface area contributed by atoms with Crippen molar-refractivity contribution in [2.24, 2.45) is 0 Å². The maximum absolute atomic E-state index is 4.83. The van der Waals surface area contributed by atoms with E-state index >= 15 is 0 Å². The lowest BCUT2D eigenvalue weighted by atomic mass is 10.0. The van der Waals surface area contributed by atoms with Gasteiger partial charge < -0.3 is 4.90 Å². The van der Waals surface area contributed by atoms with Crippen LogP contribution in [0.4, 0.5) is 5.82 Å². The third-order valence-electron chi connectivity index (χ3n) is 5.56. The number of anilines is 1. The summed E-state index contributed by atoms with van der Waals surface area (Å²) in [6.07, 6.45) is 9.04. The van der Waals surface area contributed by atoms with Crippen molar-refractivity contribution in [3.63, 3.8) is 0 Å². The third-order valence-corrected chi connectivity index (χ3v) is 6.30. The van der Waals surface area contributed by atoms with Gasteiger partial charge in [-0.1, -0.05) is 12.1 Å². The molecule has 5 heteroatoms. The highest BCUT2D eigenvalue weighted by Crippen LogP contribution is 2.38. The number of thioether (sulfide) groups is 1. The molecule has 1 aromatic carbocycles. The zero-order valence-corrected chi connectivity index (χ0v) is 16.6. The van der Waals surface area contributed by atoms with Crippen LogP contribution in [0.1, 0.15) is 43.0 Å². The molecule has 1 aliphatic carbocycles. The van der Waals surface area contributed by atoms with E-state index in [0.717, 1.165) is 24.7 Å². The van der Waals surface area contributed by atoms with Crippen molar-refractivity contribution in [2.75, 3.05) is 31.3 Å². The first-order valence-corrected chi connectivity index (χ1v) is 10.9. The lowest BCUT2D eigenvalue weighted by Crippen LogP contribution is -2.46. The topological polar surface area (TPSA) is 32.3 Å². The van der Waals surface area contributed by atoms with Gasteiger partial charge >= 0.3 is 0 Å². The van der Waals surface area contributed by atoms with Gasteiger partial charge in [0.2, 0.25) is 0 Å². The van der Waals surface area contributed by atoms with Gasteiger partial charge in [0.1, 0.15) is 11.6 Å². The van der Waals surface area contributed by atoms with Gasteiger partial charge in [-0.05, 0) is 62.2 Å². The third kappa shape index (κ3) is 4.21. The van der Waals surface area contributed by atoms with E-state index < -0.39 is 0 Å². The zero-order chi connectivity index (χ0) is 17.9. The van der Waals surface area contributed by atoms with Crippen LogP contribution in [0, 0.1) is 0 Å². The molecule has 4 nitrogen and oxygen atoms in total. The van der Waals surface area contributed by atoms with Crippen molar-refractivity contribution in [3.8, 4) is 0 Å². The lowest BCUT2D eigenvalue weighted by molar-refractivity contribution is 0.198. The van der Waals surface area contributed by atoms with Gasteiger partial charge in [0.15, 0.2) is 0 Å². The monoisotopic (exact) mass is 368 g/mol.